The summed E-state index contributed by atoms with van der Waals surface area (Å²) in [4.78, 5) is 17.1. The standard InChI is InChI=1S/C22H24ClN5O2S/c1-29-21-3-2-18-22(27-21)16(17(23)10-26-18)5-7-28-6-4-14(12-28)24-9-15-8-20-19(11-25-15)30-13-31-20/h2-3,8,10-11,14,24H,4-7,9,12-13H2,1H3. The lowest BCUT2D eigenvalue weighted by molar-refractivity contribution is 0.331. The Labute approximate surface area is 190 Å². The monoisotopic (exact) mass is 457 g/mol. The van der Waals surface area contributed by atoms with Crippen molar-refractivity contribution in [2.45, 2.75) is 30.3 Å². The average Bonchev–Trinajstić information content (AvgIpc) is 3.45. The predicted octanol–water partition coefficient (Wildman–Crippen LogP) is 3.54. The lowest BCUT2D eigenvalue weighted by Gasteiger charge is -2.17. The third-order valence-electron chi connectivity index (χ3n) is 5.79. The van der Waals surface area contributed by atoms with Crippen molar-refractivity contribution in [3.05, 3.63) is 46.9 Å². The van der Waals surface area contributed by atoms with Gasteiger partial charge in [0.1, 0.15) is 5.94 Å². The minimum atomic E-state index is 0.460. The first-order chi connectivity index (χ1) is 15.2. The number of likely N-dealkylation sites (tertiary alicyclic amines) is 1. The van der Waals surface area contributed by atoms with E-state index in [4.69, 9.17) is 21.1 Å². The largest absolute Gasteiger partial charge is 0.481 e. The molecule has 5 heterocycles. The smallest absolute Gasteiger partial charge is 0.213 e. The van der Waals surface area contributed by atoms with Gasteiger partial charge in [-0.15, -0.1) is 0 Å². The highest BCUT2D eigenvalue weighted by atomic mass is 35.5. The molecule has 2 aliphatic rings. The van der Waals surface area contributed by atoms with E-state index in [0.717, 1.165) is 67.1 Å². The van der Waals surface area contributed by atoms with Crippen LogP contribution in [0, 0.1) is 0 Å². The molecule has 1 unspecified atom stereocenters. The molecule has 9 heteroatoms. The van der Waals surface area contributed by atoms with Crippen molar-refractivity contribution in [3.8, 4) is 11.6 Å². The second kappa shape index (κ2) is 9.16. The molecule has 162 valence electrons. The summed E-state index contributed by atoms with van der Waals surface area (Å²) in [5.41, 5.74) is 3.76. The molecule has 0 aliphatic carbocycles. The highest BCUT2D eigenvalue weighted by Crippen LogP contribution is 2.35. The Balaban J connectivity index is 1.18. The highest BCUT2D eigenvalue weighted by Gasteiger charge is 2.23. The molecule has 31 heavy (non-hydrogen) atoms. The molecule has 1 atom stereocenters. The number of halogens is 1. The summed E-state index contributed by atoms with van der Waals surface area (Å²) in [6, 6.07) is 6.34. The number of fused-ring (bicyclic) bond motifs is 2. The van der Waals surface area contributed by atoms with E-state index in [9.17, 15) is 0 Å². The molecule has 3 aromatic heterocycles. The first-order valence-electron chi connectivity index (χ1n) is 10.4. The Morgan fingerprint density at radius 1 is 1.32 bits per heavy atom. The fourth-order valence-electron chi connectivity index (χ4n) is 4.09. The normalized spacial score (nSPS) is 18.3. The van der Waals surface area contributed by atoms with E-state index in [-0.39, 0.29) is 0 Å². The van der Waals surface area contributed by atoms with Gasteiger partial charge in [-0.1, -0.05) is 23.4 Å². The van der Waals surface area contributed by atoms with E-state index >= 15 is 0 Å². The molecule has 0 aromatic carbocycles. The van der Waals surface area contributed by atoms with Gasteiger partial charge in [0.05, 0.1) is 40.0 Å². The van der Waals surface area contributed by atoms with Crippen molar-refractivity contribution in [1.82, 2.24) is 25.2 Å². The second-order valence-electron chi connectivity index (χ2n) is 7.75. The van der Waals surface area contributed by atoms with Crippen molar-refractivity contribution in [2.75, 3.05) is 32.7 Å². The van der Waals surface area contributed by atoms with Gasteiger partial charge in [0.2, 0.25) is 5.88 Å². The van der Waals surface area contributed by atoms with Gasteiger partial charge in [-0.05, 0) is 31.5 Å². The Morgan fingerprint density at radius 3 is 3.16 bits per heavy atom. The van der Waals surface area contributed by atoms with Crippen molar-refractivity contribution in [2.24, 2.45) is 0 Å². The van der Waals surface area contributed by atoms with Crippen molar-refractivity contribution in [1.29, 1.82) is 0 Å². The third-order valence-corrected chi connectivity index (χ3v) is 6.98. The molecule has 0 amide bonds. The number of hydrogen-bond acceptors (Lipinski definition) is 8. The molecule has 2 aliphatic heterocycles. The van der Waals surface area contributed by atoms with Gasteiger partial charge < -0.3 is 19.7 Å². The van der Waals surface area contributed by atoms with Crippen LogP contribution in [-0.4, -0.2) is 58.6 Å². The van der Waals surface area contributed by atoms with Gasteiger partial charge in [0.15, 0.2) is 5.75 Å². The van der Waals surface area contributed by atoms with Crippen molar-refractivity contribution >= 4 is 34.4 Å². The number of aromatic nitrogens is 3. The summed E-state index contributed by atoms with van der Waals surface area (Å²) in [7, 11) is 1.62. The zero-order valence-electron chi connectivity index (χ0n) is 17.3. The highest BCUT2D eigenvalue weighted by molar-refractivity contribution is 7.99. The maximum absolute atomic E-state index is 6.48. The second-order valence-corrected chi connectivity index (χ2v) is 9.12. The van der Waals surface area contributed by atoms with E-state index in [1.54, 1.807) is 25.1 Å². The van der Waals surface area contributed by atoms with Gasteiger partial charge in [-0.3, -0.25) is 9.97 Å². The molecule has 0 bridgehead atoms. The van der Waals surface area contributed by atoms with Crippen LogP contribution in [0.3, 0.4) is 0 Å². The lowest BCUT2D eigenvalue weighted by atomic mass is 10.1. The van der Waals surface area contributed by atoms with Crippen molar-refractivity contribution in [3.63, 3.8) is 0 Å². The van der Waals surface area contributed by atoms with Crippen LogP contribution in [-0.2, 0) is 13.0 Å². The Morgan fingerprint density at radius 2 is 2.26 bits per heavy atom. The van der Waals surface area contributed by atoms with Crippen LogP contribution in [0.4, 0.5) is 0 Å². The maximum atomic E-state index is 6.48. The molecule has 1 fully saturated rings. The average molecular weight is 458 g/mol. The zero-order valence-corrected chi connectivity index (χ0v) is 18.9. The topological polar surface area (TPSA) is 72.4 Å². The van der Waals surface area contributed by atoms with Crippen LogP contribution in [0.1, 0.15) is 17.7 Å². The van der Waals surface area contributed by atoms with E-state index in [1.807, 2.05) is 18.3 Å². The molecular weight excluding hydrogens is 434 g/mol. The quantitative estimate of drug-likeness (QED) is 0.577. The summed E-state index contributed by atoms with van der Waals surface area (Å²) >= 11 is 8.20. The summed E-state index contributed by atoms with van der Waals surface area (Å²) in [5, 5.41) is 4.31. The van der Waals surface area contributed by atoms with Crippen LogP contribution in [0.2, 0.25) is 5.02 Å². The first kappa shape index (κ1) is 20.8. The van der Waals surface area contributed by atoms with Gasteiger partial charge in [-0.2, -0.15) is 0 Å². The fourth-order valence-corrected chi connectivity index (χ4v) is 5.11. The number of nitrogens with one attached hydrogen (secondary N) is 1. The number of nitrogens with zero attached hydrogens (tertiary/aromatic N) is 4. The van der Waals surface area contributed by atoms with Crippen LogP contribution in [0.15, 0.2) is 35.5 Å². The molecule has 7 nitrogen and oxygen atoms in total. The Bertz CT molecular complexity index is 1100. The zero-order chi connectivity index (χ0) is 21.2. The fraction of sp³-hybridized carbons (Fsp3) is 0.409. The van der Waals surface area contributed by atoms with E-state index in [0.29, 0.717) is 22.9 Å². The maximum Gasteiger partial charge on any atom is 0.213 e. The summed E-state index contributed by atoms with van der Waals surface area (Å²) in [6.07, 6.45) is 5.50. The van der Waals surface area contributed by atoms with E-state index in [1.165, 1.54) is 4.90 Å². The van der Waals surface area contributed by atoms with Gasteiger partial charge in [0.25, 0.3) is 0 Å². The third kappa shape index (κ3) is 4.57. The van der Waals surface area contributed by atoms with Crippen LogP contribution in [0.25, 0.3) is 11.0 Å². The van der Waals surface area contributed by atoms with Crippen molar-refractivity contribution < 1.29 is 9.47 Å². The summed E-state index contributed by atoms with van der Waals surface area (Å²) in [5.74, 6) is 2.16. The Kier molecular flexibility index (Phi) is 6.13. The number of ether oxygens (including phenoxy) is 2. The summed E-state index contributed by atoms with van der Waals surface area (Å²) < 4.78 is 10.8. The van der Waals surface area contributed by atoms with Crippen LogP contribution < -0.4 is 14.8 Å². The molecule has 1 saturated heterocycles. The minimum absolute atomic E-state index is 0.460. The predicted molar refractivity (Wildman–Crippen MR) is 122 cm³/mol. The molecule has 0 saturated carbocycles. The Hall–Kier alpha value is -2.13. The molecular formula is C22H24ClN5O2S. The number of thioether (sulfide) groups is 1. The molecule has 0 spiro atoms. The van der Waals surface area contributed by atoms with E-state index < -0.39 is 0 Å². The molecule has 0 radical (unpaired) electrons. The number of pyridine rings is 3. The van der Waals surface area contributed by atoms with E-state index in [2.05, 4.69) is 31.2 Å². The van der Waals surface area contributed by atoms with Crippen LogP contribution in [0.5, 0.6) is 11.6 Å². The molecule has 1 N–H and O–H groups in total. The lowest BCUT2D eigenvalue weighted by Crippen LogP contribution is -2.33. The SMILES string of the molecule is COc1ccc2ncc(Cl)c(CCN3CCC(NCc4cc5c(cn4)OCS5)C3)c2n1. The summed E-state index contributed by atoms with van der Waals surface area (Å²) in [6.45, 7) is 3.79. The first-order valence-corrected chi connectivity index (χ1v) is 11.7. The number of rotatable bonds is 7. The molecule has 5 rings (SSSR count). The number of methoxy groups -OCH3 is 1. The van der Waals surface area contributed by atoms with Crippen LogP contribution >= 0.6 is 23.4 Å². The number of hydrogen-bond donors (Lipinski definition) is 1. The minimum Gasteiger partial charge on any atom is -0.481 e. The van der Waals surface area contributed by atoms with Gasteiger partial charge in [0, 0.05) is 43.5 Å². The van der Waals surface area contributed by atoms with Gasteiger partial charge >= 0.3 is 0 Å². The molecule has 3 aromatic rings. The van der Waals surface area contributed by atoms with Gasteiger partial charge in [-0.25, -0.2) is 4.98 Å².